The van der Waals surface area contributed by atoms with Crippen LogP contribution in [0, 0.1) is 0 Å². The molecule has 0 atom stereocenters. The Hall–Kier alpha value is -1.01. The van der Waals surface area contributed by atoms with Gasteiger partial charge >= 0.3 is 0 Å². The third-order valence-corrected chi connectivity index (χ3v) is 2.79. The molecule has 3 N–H and O–H groups in total. The maximum absolute atomic E-state index is 5.78. The van der Waals surface area contributed by atoms with Gasteiger partial charge in [-0.15, -0.1) is 0 Å². The summed E-state index contributed by atoms with van der Waals surface area (Å²) in [7, 11) is 0. The van der Waals surface area contributed by atoms with Gasteiger partial charge in [-0.05, 0) is 26.5 Å². The van der Waals surface area contributed by atoms with Gasteiger partial charge in [0.15, 0.2) is 5.16 Å². The third kappa shape index (κ3) is 3.53. The number of rotatable bonds is 5. The highest BCUT2D eigenvalue weighted by Crippen LogP contribution is 2.23. The van der Waals surface area contributed by atoms with Crippen molar-refractivity contribution in [3.8, 4) is 5.88 Å². The van der Waals surface area contributed by atoms with Crippen molar-refractivity contribution in [1.29, 1.82) is 0 Å². The number of ether oxygens (including phenoxy) is 1. The maximum atomic E-state index is 5.78. The lowest BCUT2D eigenvalue weighted by atomic mass is 10.1. The molecule has 0 saturated carbocycles. The van der Waals surface area contributed by atoms with Crippen LogP contribution in [-0.4, -0.2) is 21.8 Å². The predicted octanol–water partition coefficient (Wildman–Crippen LogP) is 2.05. The summed E-state index contributed by atoms with van der Waals surface area (Å²) in [6.07, 6.45) is 2.81. The minimum absolute atomic E-state index is 0.240. The first kappa shape index (κ1) is 13.1. The fraction of sp³-hybridized carbons (Fsp3) is 0.600. The van der Waals surface area contributed by atoms with Crippen molar-refractivity contribution in [3.63, 3.8) is 0 Å². The van der Waals surface area contributed by atoms with Crippen LogP contribution in [0.5, 0.6) is 5.88 Å². The van der Waals surface area contributed by atoms with E-state index in [9.17, 15) is 0 Å². The maximum Gasteiger partial charge on any atom is 0.220 e. The van der Waals surface area contributed by atoms with Crippen molar-refractivity contribution in [3.05, 3.63) is 6.07 Å². The van der Waals surface area contributed by atoms with Crippen molar-refractivity contribution in [2.75, 3.05) is 11.7 Å². The number of thioether (sulfide) groups is 1. The molecule has 1 aromatic rings. The molecule has 0 aliphatic heterocycles. The summed E-state index contributed by atoms with van der Waals surface area (Å²) in [6.45, 7) is 6.10. The fourth-order valence-corrected chi connectivity index (χ4v) is 1.35. The highest BCUT2D eigenvalue weighted by molar-refractivity contribution is 7.98. The number of hydrogen-bond donors (Lipinski definition) is 2. The molecule has 0 bridgehead atoms. The average molecular weight is 242 g/mol. The average Bonchev–Trinajstić information content (AvgIpc) is 2.28. The van der Waals surface area contributed by atoms with E-state index in [2.05, 4.69) is 22.3 Å². The van der Waals surface area contributed by atoms with Gasteiger partial charge in [0, 0.05) is 6.07 Å². The van der Waals surface area contributed by atoms with Gasteiger partial charge in [-0.1, -0.05) is 18.7 Å². The molecule has 1 aromatic heterocycles. The molecule has 6 heteroatoms. The van der Waals surface area contributed by atoms with Crippen LogP contribution in [0.2, 0.25) is 0 Å². The van der Waals surface area contributed by atoms with E-state index < -0.39 is 0 Å². The molecular weight excluding hydrogens is 224 g/mol. The van der Waals surface area contributed by atoms with Crippen LogP contribution in [0.15, 0.2) is 11.2 Å². The summed E-state index contributed by atoms with van der Waals surface area (Å²) < 4.78 is 5.78. The molecule has 0 amide bonds. The van der Waals surface area contributed by atoms with Crippen LogP contribution in [0.25, 0.3) is 0 Å². The Labute approximate surface area is 100 Å². The van der Waals surface area contributed by atoms with Crippen molar-refractivity contribution in [1.82, 2.24) is 9.97 Å². The quantitative estimate of drug-likeness (QED) is 0.356. The van der Waals surface area contributed by atoms with E-state index in [0.29, 0.717) is 16.9 Å². The van der Waals surface area contributed by atoms with Crippen LogP contribution in [0.4, 0.5) is 5.82 Å². The van der Waals surface area contributed by atoms with Crippen LogP contribution in [0.1, 0.15) is 27.2 Å². The molecule has 0 radical (unpaired) electrons. The monoisotopic (exact) mass is 242 g/mol. The number of anilines is 1. The molecule has 0 aliphatic rings. The molecule has 0 saturated heterocycles. The minimum Gasteiger partial charge on any atom is -0.471 e. The summed E-state index contributed by atoms with van der Waals surface area (Å²) in [5.74, 6) is 6.43. The Morgan fingerprint density at radius 2 is 2.19 bits per heavy atom. The van der Waals surface area contributed by atoms with Crippen molar-refractivity contribution in [2.24, 2.45) is 5.84 Å². The van der Waals surface area contributed by atoms with Gasteiger partial charge in [-0.2, -0.15) is 4.98 Å². The SMILES string of the molecule is CCC(C)(C)Oc1cc(NN)nc(SC)n1. The van der Waals surface area contributed by atoms with Crippen LogP contribution in [-0.2, 0) is 0 Å². The first-order chi connectivity index (χ1) is 7.50. The Balaban J connectivity index is 2.95. The molecule has 16 heavy (non-hydrogen) atoms. The molecule has 0 aliphatic carbocycles. The second-order valence-corrected chi connectivity index (χ2v) is 4.71. The Bertz CT molecular complexity index is 334. The Kier molecular flexibility index (Phi) is 4.37. The molecule has 0 unspecified atom stereocenters. The number of hydrazine groups is 1. The smallest absolute Gasteiger partial charge is 0.220 e. The zero-order chi connectivity index (χ0) is 12.2. The highest BCUT2D eigenvalue weighted by Gasteiger charge is 2.18. The van der Waals surface area contributed by atoms with Crippen molar-refractivity contribution >= 4 is 17.6 Å². The van der Waals surface area contributed by atoms with Gasteiger partial charge in [-0.25, -0.2) is 10.8 Å². The number of nitrogens with zero attached hydrogens (tertiary/aromatic N) is 2. The topological polar surface area (TPSA) is 73.1 Å². The second kappa shape index (κ2) is 5.36. The Morgan fingerprint density at radius 3 is 2.69 bits per heavy atom. The zero-order valence-corrected chi connectivity index (χ0v) is 10.9. The third-order valence-electron chi connectivity index (χ3n) is 2.24. The molecular formula is C10H18N4OS. The normalized spacial score (nSPS) is 11.3. The summed E-state index contributed by atoms with van der Waals surface area (Å²) in [5.41, 5.74) is 2.26. The second-order valence-electron chi connectivity index (χ2n) is 3.94. The van der Waals surface area contributed by atoms with Crippen LogP contribution < -0.4 is 16.0 Å². The summed E-state index contributed by atoms with van der Waals surface area (Å²) in [5, 5.41) is 0.636. The molecule has 5 nitrogen and oxygen atoms in total. The molecule has 0 spiro atoms. The number of aromatic nitrogens is 2. The number of nitrogens with one attached hydrogen (secondary N) is 1. The predicted molar refractivity (Wildman–Crippen MR) is 66.6 cm³/mol. The van der Waals surface area contributed by atoms with Crippen molar-refractivity contribution in [2.45, 2.75) is 37.9 Å². The van der Waals surface area contributed by atoms with E-state index in [1.807, 2.05) is 20.1 Å². The molecule has 1 heterocycles. The lowest BCUT2D eigenvalue weighted by Gasteiger charge is -2.24. The van der Waals surface area contributed by atoms with E-state index in [1.165, 1.54) is 11.8 Å². The first-order valence-corrected chi connectivity index (χ1v) is 6.32. The highest BCUT2D eigenvalue weighted by atomic mass is 32.2. The fourth-order valence-electron chi connectivity index (χ4n) is 0.977. The van der Waals surface area contributed by atoms with Gasteiger partial charge in [-0.3, -0.25) is 0 Å². The van der Waals surface area contributed by atoms with E-state index in [0.717, 1.165) is 6.42 Å². The summed E-state index contributed by atoms with van der Waals surface area (Å²) >= 11 is 1.45. The summed E-state index contributed by atoms with van der Waals surface area (Å²) in [4.78, 5) is 8.43. The molecule has 90 valence electrons. The van der Waals surface area contributed by atoms with Crippen LogP contribution >= 0.6 is 11.8 Å². The number of nitrogen functional groups attached to an aromatic ring is 1. The molecule has 0 fully saturated rings. The number of hydrogen-bond acceptors (Lipinski definition) is 6. The standard InChI is InChI=1S/C10H18N4OS/c1-5-10(2,3)15-8-6-7(14-11)12-9(13-8)16-4/h6H,5,11H2,1-4H3,(H,12,13,14). The van der Waals surface area contributed by atoms with Crippen LogP contribution in [0.3, 0.4) is 0 Å². The van der Waals surface area contributed by atoms with Crippen molar-refractivity contribution < 1.29 is 4.74 Å². The van der Waals surface area contributed by atoms with E-state index in [4.69, 9.17) is 10.6 Å². The molecule has 1 rings (SSSR count). The summed E-state index contributed by atoms with van der Waals surface area (Å²) in [6, 6.07) is 1.69. The largest absolute Gasteiger partial charge is 0.471 e. The molecule has 0 aromatic carbocycles. The minimum atomic E-state index is -0.240. The van der Waals surface area contributed by atoms with Gasteiger partial charge < -0.3 is 10.2 Å². The lowest BCUT2D eigenvalue weighted by Crippen LogP contribution is -2.27. The van der Waals surface area contributed by atoms with E-state index in [1.54, 1.807) is 6.07 Å². The number of nitrogens with two attached hydrogens (primary N) is 1. The van der Waals surface area contributed by atoms with Gasteiger partial charge in [0.05, 0.1) is 0 Å². The van der Waals surface area contributed by atoms with Gasteiger partial charge in [0.25, 0.3) is 0 Å². The Morgan fingerprint density at radius 1 is 1.50 bits per heavy atom. The lowest BCUT2D eigenvalue weighted by molar-refractivity contribution is 0.0979. The van der Waals surface area contributed by atoms with E-state index >= 15 is 0 Å². The van der Waals surface area contributed by atoms with Gasteiger partial charge in [0.1, 0.15) is 11.4 Å². The first-order valence-electron chi connectivity index (χ1n) is 5.09. The van der Waals surface area contributed by atoms with Gasteiger partial charge in [0.2, 0.25) is 5.88 Å². The zero-order valence-electron chi connectivity index (χ0n) is 10.1. The van der Waals surface area contributed by atoms with E-state index in [-0.39, 0.29) is 5.60 Å².